The van der Waals surface area contributed by atoms with Crippen molar-refractivity contribution in [3.63, 3.8) is 0 Å². The Labute approximate surface area is 128 Å². The van der Waals surface area contributed by atoms with E-state index in [0.29, 0.717) is 20.9 Å². The molecule has 1 N–H and O–H groups in total. The first-order chi connectivity index (χ1) is 9.51. The largest absolute Gasteiger partial charge is 0.497 e. The average molecular weight is 359 g/mol. The number of benzene rings is 2. The lowest BCUT2D eigenvalue weighted by atomic mass is 10.2. The smallest absolute Gasteiger partial charge is 0.255 e. The molecule has 0 bridgehead atoms. The Morgan fingerprint density at radius 2 is 2.05 bits per heavy atom. The Hall–Kier alpha value is -1.59. The highest BCUT2D eigenvalue weighted by Gasteiger charge is 2.11. The summed E-state index contributed by atoms with van der Waals surface area (Å²) in [5.41, 5.74) is 0.601. The number of anilines is 1. The van der Waals surface area contributed by atoms with Crippen molar-refractivity contribution in [3.8, 4) is 5.75 Å². The maximum Gasteiger partial charge on any atom is 0.255 e. The molecule has 1 amide bonds. The van der Waals surface area contributed by atoms with Gasteiger partial charge in [-0.2, -0.15) is 0 Å². The summed E-state index contributed by atoms with van der Waals surface area (Å²) in [6.07, 6.45) is 0. The van der Waals surface area contributed by atoms with Gasteiger partial charge in [0.15, 0.2) is 0 Å². The molecule has 0 saturated heterocycles. The number of ether oxygens (including phenoxy) is 1. The van der Waals surface area contributed by atoms with Crippen LogP contribution in [-0.4, -0.2) is 13.0 Å². The summed E-state index contributed by atoms with van der Waals surface area (Å²) in [6.45, 7) is 0. The van der Waals surface area contributed by atoms with Gasteiger partial charge in [-0.1, -0.05) is 11.6 Å². The summed E-state index contributed by atoms with van der Waals surface area (Å²) in [5.74, 6) is -0.396. The Kier molecular flexibility index (Phi) is 4.62. The molecule has 0 heterocycles. The molecule has 3 nitrogen and oxygen atoms in total. The highest BCUT2D eigenvalue weighted by molar-refractivity contribution is 9.10. The molecule has 2 aromatic rings. The summed E-state index contributed by atoms with van der Waals surface area (Å²) in [7, 11) is 1.51. The van der Waals surface area contributed by atoms with E-state index in [1.54, 1.807) is 18.2 Å². The maximum absolute atomic E-state index is 13.4. The monoisotopic (exact) mass is 357 g/mol. The van der Waals surface area contributed by atoms with Crippen molar-refractivity contribution in [2.45, 2.75) is 0 Å². The van der Waals surface area contributed by atoms with Gasteiger partial charge in [-0.25, -0.2) is 4.39 Å². The van der Waals surface area contributed by atoms with Crippen molar-refractivity contribution >= 4 is 39.1 Å². The number of hydrogen-bond acceptors (Lipinski definition) is 2. The summed E-state index contributed by atoms with van der Waals surface area (Å²) in [5, 5.41) is 2.99. The number of methoxy groups -OCH3 is 1. The summed E-state index contributed by atoms with van der Waals surface area (Å²) in [4.78, 5) is 12.0. The van der Waals surface area contributed by atoms with Gasteiger partial charge in [0.1, 0.15) is 11.6 Å². The Bertz CT molecular complexity index is 664. The Morgan fingerprint density at radius 3 is 2.70 bits per heavy atom. The first-order valence-electron chi connectivity index (χ1n) is 5.61. The molecule has 0 radical (unpaired) electrons. The van der Waals surface area contributed by atoms with Crippen molar-refractivity contribution in [2.75, 3.05) is 12.4 Å². The third-order valence-electron chi connectivity index (χ3n) is 2.60. The molecule has 0 aliphatic carbocycles. The second-order valence-corrected chi connectivity index (χ2v) is 5.19. The van der Waals surface area contributed by atoms with E-state index in [1.807, 2.05) is 0 Å². The fraction of sp³-hybridized carbons (Fsp3) is 0.0714. The van der Waals surface area contributed by atoms with Crippen LogP contribution >= 0.6 is 27.5 Å². The highest BCUT2D eigenvalue weighted by atomic mass is 79.9. The lowest BCUT2D eigenvalue weighted by Crippen LogP contribution is -2.12. The van der Waals surface area contributed by atoms with Crippen LogP contribution < -0.4 is 10.1 Å². The number of amides is 1. The van der Waals surface area contributed by atoms with Gasteiger partial charge in [0.05, 0.1) is 22.3 Å². The lowest BCUT2D eigenvalue weighted by Gasteiger charge is -2.09. The minimum atomic E-state index is -0.505. The first-order valence-corrected chi connectivity index (χ1v) is 6.78. The zero-order chi connectivity index (χ0) is 14.7. The zero-order valence-corrected chi connectivity index (χ0v) is 12.8. The predicted octanol–water partition coefficient (Wildman–Crippen LogP) is 4.50. The van der Waals surface area contributed by atoms with E-state index in [9.17, 15) is 9.18 Å². The van der Waals surface area contributed by atoms with Gasteiger partial charge in [-0.05, 0) is 46.3 Å². The van der Waals surface area contributed by atoms with Gasteiger partial charge in [-0.3, -0.25) is 4.79 Å². The molecule has 0 aliphatic rings. The number of halogens is 3. The number of carbonyl (C=O) groups is 1. The van der Waals surface area contributed by atoms with Crippen LogP contribution in [0.1, 0.15) is 10.4 Å². The van der Waals surface area contributed by atoms with E-state index in [4.69, 9.17) is 16.3 Å². The number of rotatable bonds is 3. The quantitative estimate of drug-likeness (QED) is 0.877. The van der Waals surface area contributed by atoms with E-state index in [0.717, 1.165) is 6.07 Å². The van der Waals surface area contributed by atoms with Crippen molar-refractivity contribution < 1.29 is 13.9 Å². The van der Waals surface area contributed by atoms with Crippen LogP contribution in [0.25, 0.3) is 0 Å². The van der Waals surface area contributed by atoms with Gasteiger partial charge in [0.25, 0.3) is 5.91 Å². The van der Waals surface area contributed by atoms with Crippen LogP contribution in [0, 0.1) is 5.82 Å². The molecular formula is C14H10BrClFNO2. The van der Waals surface area contributed by atoms with Crippen molar-refractivity contribution in [2.24, 2.45) is 0 Å². The molecule has 6 heteroatoms. The number of hydrogen-bond donors (Lipinski definition) is 1. The average Bonchev–Trinajstić information content (AvgIpc) is 2.44. The predicted molar refractivity (Wildman–Crippen MR) is 80.1 cm³/mol. The van der Waals surface area contributed by atoms with E-state index >= 15 is 0 Å². The molecule has 0 aromatic heterocycles. The van der Waals surface area contributed by atoms with Gasteiger partial charge in [0, 0.05) is 11.6 Å². The fourth-order valence-corrected chi connectivity index (χ4v) is 1.97. The van der Waals surface area contributed by atoms with Gasteiger partial charge in [-0.15, -0.1) is 0 Å². The fourth-order valence-electron chi connectivity index (χ4n) is 1.56. The van der Waals surface area contributed by atoms with Crippen LogP contribution in [0.15, 0.2) is 40.9 Å². The Balaban J connectivity index is 2.25. The van der Waals surface area contributed by atoms with Crippen molar-refractivity contribution in [1.82, 2.24) is 0 Å². The molecule has 0 saturated carbocycles. The van der Waals surface area contributed by atoms with Crippen molar-refractivity contribution in [3.05, 3.63) is 57.3 Å². The van der Waals surface area contributed by atoms with E-state index in [2.05, 4.69) is 21.2 Å². The minimum absolute atomic E-state index is 0.199. The van der Waals surface area contributed by atoms with E-state index < -0.39 is 11.7 Å². The van der Waals surface area contributed by atoms with Crippen LogP contribution in [0.5, 0.6) is 5.75 Å². The normalized spacial score (nSPS) is 10.2. The van der Waals surface area contributed by atoms with Crippen molar-refractivity contribution in [1.29, 1.82) is 0 Å². The third kappa shape index (κ3) is 3.29. The van der Waals surface area contributed by atoms with E-state index in [1.165, 1.54) is 19.2 Å². The molecule has 2 rings (SSSR count). The topological polar surface area (TPSA) is 38.3 Å². The van der Waals surface area contributed by atoms with Gasteiger partial charge in [0.2, 0.25) is 0 Å². The minimum Gasteiger partial charge on any atom is -0.497 e. The van der Waals surface area contributed by atoms with Gasteiger partial charge >= 0.3 is 0 Å². The third-order valence-corrected chi connectivity index (χ3v) is 3.58. The zero-order valence-electron chi connectivity index (χ0n) is 10.4. The van der Waals surface area contributed by atoms with Crippen LogP contribution in [-0.2, 0) is 0 Å². The second-order valence-electron chi connectivity index (χ2n) is 3.93. The second kappa shape index (κ2) is 6.24. The van der Waals surface area contributed by atoms with Crippen LogP contribution in [0.3, 0.4) is 0 Å². The Morgan fingerprint density at radius 1 is 1.30 bits per heavy atom. The summed E-state index contributed by atoms with van der Waals surface area (Å²) >= 11 is 9.02. The summed E-state index contributed by atoms with van der Waals surface area (Å²) < 4.78 is 18.8. The standard InChI is InChI=1S/C14H10BrClFNO2/c1-20-9-3-5-11(16)13(7-9)18-14(19)8-2-4-10(15)12(17)6-8/h2-7H,1H3,(H,18,19). The molecular weight excluding hydrogens is 349 g/mol. The highest BCUT2D eigenvalue weighted by Crippen LogP contribution is 2.27. The molecule has 20 heavy (non-hydrogen) atoms. The van der Waals surface area contributed by atoms with Gasteiger partial charge < -0.3 is 10.1 Å². The SMILES string of the molecule is COc1ccc(Cl)c(NC(=O)c2ccc(Br)c(F)c2)c1. The molecule has 0 spiro atoms. The van der Waals surface area contributed by atoms with Crippen LogP contribution in [0.4, 0.5) is 10.1 Å². The molecule has 0 atom stereocenters. The molecule has 104 valence electrons. The van der Waals surface area contributed by atoms with E-state index in [-0.39, 0.29) is 5.56 Å². The number of carbonyl (C=O) groups excluding carboxylic acids is 1. The lowest BCUT2D eigenvalue weighted by molar-refractivity contribution is 0.102. The first kappa shape index (κ1) is 14.8. The molecule has 2 aromatic carbocycles. The maximum atomic E-state index is 13.4. The molecule has 0 fully saturated rings. The number of nitrogens with one attached hydrogen (secondary N) is 1. The molecule has 0 aliphatic heterocycles. The van der Waals surface area contributed by atoms with Crippen LogP contribution in [0.2, 0.25) is 5.02 Å². The molecule has 0 unspecified atom stereocenters. The summed E-state index contributed by atoms with van der Waals surface area (Å²) in [6, 6.07) is 9.01.